The number of carbonyl (C=O) groups excluding carboxylic acids is 1. The summed E-state index contributed by atoms with van der Waals surface area (Å²) in [6.45, 7) is 3.76. The highest BCUT2D eigenvalue weighted by molar-refractivity contribution is 5.98. The molecular weight excluding hydrogens is 388 g/mol. The van der Waals surface area contributed by atoms with Gasteiger partial charge in [0, 0.05) is 48.2 Å². The van der Waals surface area contributed by atoms with Crippen LogP contribution in [-0.4, -0.2) is 38.7 Å². The lowest BCUT2D eigenvalue weighted by atomic mass is 9.98. The molecule has 0 radical (unpaired) electrons. The van der Waals surface area contributed by atoms with Gasteiger partial charge in [0.05, 0.1) is 16.8 Å². The zero-order chi connectivity index (χ0) is 21.4. The van der Waals surface area contributed by atoms with Gasteiger partial charge >= 0.3 is 0 Å². The minimum Gasteiger partial charge on any atom is -0.351 e. The maximum Gasteiger partial charge on any atom is 0.252 e. The molecule has 0 saturated carbocycles. The summed E-state index contributed by atoms with van der Waals surface area (Å²) >= 11 is 0. The molecule has 0 aliphatic carbocycles. The SMILES string of the molecule is Cc1cccc(-c2nn3c(c2-c2ccc4ncc(C(=O)NCCN)cc4c2)CCC3)n1. The molecule has 7 heteroatoms. The molecule has 0 unspecified atom stereocenters. The molecule has 4 heterocycles. The number of nitrogens with one attached hydrogen (secondary N) is 1. The first kappa shape index (κ1) is 19.4. The van der Waals surface area contributed by atoms with Crippen LogP contribution in [0.3, 0.4) is 0 Å². The van der Waals surface area contributed by atoms with E-state index in [-0.39, 0.29) is 5.91 Å². The van der Waals surface area contributed by atoms with Gasteiger partial charge < -0.3 is 11.1 Å². The summed E-state index contributed by atoms with van der Waals surface area (Å²) in [7, 11) is 0. The first-order valence-corrected chi connectivity index (χ1v) is 10.6. The second-order valence-electron chi connectivity index (χ2n) is 7.84. The van der Waals surface area contributed by atoms with Gasteiger partial charge in [-0.25, -0.2) is 0 Å². The van der Waals surface area contributed by atoms with Crippen molar-refractivity contribution in [3.8, 4) is 22.5 Å². The Morgan fingerprint density at radius 2 is 2.13 bits per heavy atom. The molecular formula is C24H24N6O. The topological polar surface area (TPSA) is 98.7 Å². The van der Waals surface area contributed by atoms with Crippen molar-refractivity contribution in [3.05, 3.63) is 65.6 Å². The monoisotopic (exact) mass is 412 g/mol. The number of benzene rings is 1. The normalized spacial score (nSPS) is 12.8. The van der Waals surface area contributed by atoms with Crippen molar-refractivity contribution in [3.63, 3.8) is 0 Å². The van der Waals surface area contributed by atoms with Crippen LogP contribution >= 0.6 is 0 Å². The number of nitrogens with zero attached hydrogens (tertiary/aromatic N) is 4. The molecule has 156 valence electrons. The first-order chi connectivity index (χ1) is 15.1. The van der Waals surface area contributed by atoms with Crippen LogP contribution in [0.5, 0.6) is 0 Å². The van der Waals surface area contributed by atoms with Crippen molar-refractivity contribution in [2.45, 2.75) is 26.3 Å². The Bertz CT molecular complexity index is 1290. The van der Waals surface area contributed by atoms with E-state index in [2.05, 4.69) is 27.1 Å². The van der Waals surface area contributed by atoms with Crippen molar-refractivity contribution in [1.29, 1.82) is 0 Å². The Kier molecular flexibility index (Phi) is 4.95. The number of rotatable bonds is 5. The highest BCUT2D eigenvalue weighted by Gasteiger charge is 2.24. The van der Waals surface area contributed by atoms with Crippen LogP contribution in [0.2, 0.25) is 0 Å². The van der Waals surface area contributed by atoms with E-state index in [4.69, 9.17) is 15.8 Å². The second-order valence-corrected chi connectivity index (χ2v) is 7.84. The zero-order valence-electron chi connectivity index (χ0n) is 17.4. The summed E-state index contributed by atoms with van der Waals surface area (Å²) < 4.78 is 2.10. The molecule has 3 aromatic heterocycles. The molecule has 7 nitrogen and oxygen atoms in total. The molecule has 0 atom stereocenters. The summed E-state index contributed by atoms with van der Waals surface area (Å²) in [5, 5.41) is 8.62. The van der Waals surface area contributed by atoms with Crippen molar-refractivity contribution < 1.29 is 4.79 Å². The summed E-state index contributed by atoms with van der Waals surface area (Å²) in [6, 6.07) is 14.1. The third kappa shape index (κ3) is 3.57. The molecule has 0 bridgehead atoms. The van der Waals surface area contributed by atoms with Gasteiger partial charge in [0.1, 0.15) is 5.69 Å². The van der Waals surface area contributed by atoms with Crippen molar-refractivity contribution in [2.75, 3.05) is 13.1 Å². The van der Waals surface area contributed by atoms with Crippen LogP contribution < -0.4 is 11.1 Å². The summed E-state index contributed by atoms with van der Waals surface area (Å²) in [5.41, 5.74) is 13.0. The average molecular weight is 412 g/mol. The Labute approximate surface area is 180 Å². The van der Waals surface area contributed by atoms with E-state index in [9.17, 15) is 4.79 Å². The minimum atomic E-state index is -0.165. The van der Waals surface area contributed by atoms with Crippen LogP contribution in [-0.2, 0) is 13.0 Å². The van der Waals surface area contributed by atoms with Gasteiger partial charge in [0.15, 0.2) is 0 Å². The molecule has 1 aliphatic heterocycles. The van der Waals surface area contributed by atoms with Gasteiger partial charge in [0.25, 0.3) is 5.91 Å². The van der Waals surface area contributed by atoms with Crippen molar-refractivity contribution in [2.24, 2.45) is 5.73 Å². The summed E-state index contributed by atoms with van der Waals surface area (Å²) in [5.74, 6) is -0.165. The molecule has 1 aromatic carbocycles. The average Bonchev–Trinajstić information content (AvgIpc) is 3.38. The number of aryl methyl sites for hydroxylation is 2. The number of fused-ring (bicyclic) bond motifs is 2. The quantitative estimate of drug-likeness (QED) is 0.525. The predicted octanol–water partition coefficient (Wildman–Crippen LogP) is 3.10. The van der Waals surface area contributed by atoms with E-state index >= 15 is 0 Å². The maximum absolute atomic E-state index is 12.4. The van der Waals surface area contributed by atoms with Crippen LogP contribution in [0.4, 0.5) is 0 Å². The number of aromatic nitrogens is 4. The largest absolute Gasteiger partial charge is 0.351 e. The van der Waals surface area contributed by atoms with Gasteiger partial charge in [-0.3, -0.25) is 19.4 Å². The number of pyridine rings is 2. The smallest absolute Gasteiger partial charge is 0.252 e. The zero-order valence-corrected chi connectivity index (χ0v) is 17.4. The molecule has 0 spiro atoms. The summed E-state index contributed by atoms with van der Waals surface area (Å²) in [4.78, 5) is 21.5. The van der Waals surface area contributed by atoms with E-state index in [1.54, 1.807) is 6.20 Å². The van der Waals surface area contributed by atoms with Crippen molar-refractivity contribution >= 4 is 16.8 Å². The van der Waals surface area contributed by atoms with Crippen LogP contribution in [0.1, 0.15) is 28.2 Å². The number of nitrogens with two attached hydrogens (primary N) is 1. The Balaban J connectivity index is 1.63. The van der Waals surface area contributed by atoms with Gasteiger partial charge in [0.2, 0.25) is 0 Å². The van der Waals surface area contributed by atoms with E-state index in [0.717, 1.165) is 58.5 Å². The van der Waals surface area contributed by atoms with Gasteiger partial charge in [-0.15, -0.1) is 0 Å². The Morgan fingerprint density at radius 3 is 2.97 bits per heavy atom. The molecule has 5 rings (SSSR count). The van der Waals surface area contributed by atoms with Gasteiger partial charge in [-0.1, -0.05) is 12.1 Å². The predicted molar refractivity (Wildman–Crippen MR) is 121 cm³/mol. The fourth-order valence-electron chi connectivity index (χ4n) is 4.19. The minimum absolute atomic E-state index is 0.165. The Morgan fingerprint density at radius 1 is 1.23 bits per heavy atom. The molecule has 3 N–H and O–H groups in total. The molecule has 4 aromatic rings. The number of amides is 1. The Hall–Kier alpha value is -3.58. The van der Waals surface area contributed by atoms with Gasteiger partial charge in [-0.2, -0.15) is 5.10 Å². The molecule has 1 amide bonds. The molecule has 0 fully saturated rings. The fourth-order valence-corrected chi connectivity index (χ4v) is 4.19. The van der Waals surface area contributed by atoms with E-state index in [1.165, 1.54) is 5.69 Å². The van der Waals surface area contributed by atoms with Crippen LogP contribution in [0, 0.1) is 6.92 Å². The highest BCUT2D eigenvalue weighted by atomic mass is 16.1. The molecule has 0 saturated heterocycles. The van der Waals surface area contributed by atoms with E-state index in [1.807, 2.05) is 37.3 Å². The third-order valence-corrected chi connectivity index (χ3v) is 5.63. The summed E-state index contributed by atoms with van der Waals surface area (Å²) in [6.07, 6.45) is 3.69. The standard InChI is InChI=1S/C24H24N6O/c1-15-4-2-5-20(28-15)23-22(21-6-3-11-30(21)29-23)16-7-8-19-17(12-16)13-18(14-27-19)24(31)26-10-9-25/h2,4-5,7-8,12-14H,3,6,9-11,25H2,1H3,(H,26,31). The fraction of sp³-hybridized carbons (Fsp3) is 0.250. The maximum atomic E-state index is 12.4. The lowest BCUT2D eigenvalue weighted by Gasteiger charge is -2.09. The number of carbonyl (C=O) groups is 1. The van der Waals surface area contributed by atoms with Gasteiger partial charge in [-0.05, 0) is 55.7 Å². The van der Waals surface area contributed by atoms with Crippen molar-refractivity contribution in [1.82, 2.24) is 25.1 Å². The highest BCUT2D eigenvalue weighted by Crippen LogP contribution is 2.37. The molecule has 1 aliphatic rings. The molecule has 31 heavy (non-hydrogen) atoms. The number of hydrogen-bond acceptors (Lipinski definition) is 5. The lowest BCUT2D eigenvalue weighted by molar-refractivity contribution is 0.0954. The number of hydrogen-bond donors (Lipinski definition) is 2. The third-order valence-electron chi connectivity index (χ3n) is 5.63. The van der Waals surface area contributed by atoms with Crippen LogP contribution in [0.15, 0.2) is 48.7 Å². The lowest BCUT2D eigenvalue weighted by Crippen LogP contribution is -2.29. The van der Waals surface area contributed by atoms with Crippen LogP contribution in [0.25, 0.3) is 33.4 Å². The first-order valence-electron chi connectivity index (χ1n) is 10.6. The second kappa shape index (κ2) is 7.92. The van der Waals surface area contributed by atoms with E-state index in [0.29, 0.717) is 18.7 Å². The van der Waals surface area contributed by atoms with E-state index < -0.39 is 0 Å².